The molecule has 5 aromatic rings. The van der Waals surface area contributed by atoms with E-state index in [1.54, 1.807) is 12.1 Å². The third kappa shape index (κ3) is 6.95. The molecule has 10 heteroatoms. The fraction of sp³-hybridized carbons (Fsp3) is 0.333. The minimum Gasteiger partial charge on any atom is -0.361 e. The SMILES string of the molecule is CCc1cc(C)c2c(c(C3C=CC=CC3)cn2S(=O)(=O)c2ccc(C)cc2)c1C(I)c1nc2cc(C#N)ccc2n1COCC[Si](C)(C)C. The highest BCUT2D eigenvalue weighted by Gasteiger charge is 2.32. The van der Waals surface area contributed by atoms with Crippen LogP contribution in [0.15, 0.2) is 83.9 Å². The molecule has 3 aromatic carbocycles. The number of fused-ring (bicyclic) bond motifs is 2. The molecule has 7 nitrogen and oxygen atoms in total. The van der Waals surface area contributed by atoms with Crippen LogP contribution in [0.25, 0.3) is 21.9 Å². The lowest BCUT2D eigenvalue weighted by Gasteiger charge is -2.22. The van der Waals surface area contributed by atoms with Crippen LogP contribution in [0, 0.1) is 25.2 Å². The monoisotopic (exact) mass is 802 g/mol. The van der Waals surface area contributed by atoms with Crippen LogP contribution in [0.4, 0.5) is 0 Å². The Balaban J connectivity index is 1.60. The van der Waals surface area contributed by atoms with E-state index in [-0.39, 0.29) is 14.7 Å². The van der Waals surface area contributed by atoms with Crippen molar-refractivity contribution in [2.24, 2.45) is 0 Å². The van der Waals surface area contributed by atoms with E-state index in [0.717, 1.165) is 68.9 Å². The predicted octanol–water partition coefficient (Wildman–Crippen LogP) is 9.72. The highest BCUT2D eigenvalue weighted by Crippen LogP contribution is 2.45. The van der Waals surface area contributed by atoms with Gasteiger partial charge in [0.2, 0.25) is 0 Å². The molecule has 0 aliphatic heterocycles. The molecule has 2 heterocycles. The lowest BCUT2D eigenvalue weighted by Crippen LogP contribution is -2.22. The van der Waals surface area contributed by atoms with E-state index >= 15 is 0 Å². The summed E-state index contributed by atoms with van der Waals surface area (Å²) in [6.07, 6.45) is 11.8. The van der Waals surface area contributed by atoms with Crippen LogP contribution < -0.4 is 0 Å². The van der Waals surface area contributed by atoms with E-state index in [9.17, 15) is 13.7 Å². The number of rotatable bonds is 11. The maximum Gasteiger partial charge on any atom is 0.268 e. The van der Waals surface area contributed by atoms with Gasteiger partial charge in [0.1, 0.15) is 12.6 Å². The lowest BCUT2D eigenvalue weighted by atomic mass is 9.87. The Morgan fingerprint density at radius 1 is 1.10 bits per heavy atom. The fourth-order valence-electron chi connectivity index (χ4n) is 6.62. The van der Waals surface area contributed by atoms with Crippen LogP contribution in [0.1, 0.15) is 62.4 Å². The van der Waals surface area contributed by atoms with E-state index < -0.39 is 18.1 Å². The molecule has 49 heavy (non-hydrogen) atoms. The molecule has 1 aliphatic rings. The first kappa shape index (κ1) is 35.3. The number of benzene rings is 3. The highest BCUT2D eigenvalue weighted by molar-refractivity contribution is 14.1. The molecule has 2 unspecified atom stereocenters. The molecule has 0 radical (unpaired) electrons. The molecular weight excluding hydrogens is 760 g/mol. The van der Waals surface area contributed by atoms with Gasteiger partial charge >= 0.3 is 0 Å². The predicted molar refractivity (Wildman–Crippen MR) is 210 cm³/mol. The number of nitriles is 1. The van der Waals surface area contributed by atoms with Gasteiger partial charge in [0.15, 0.2) is 0 Å². The van der Waals surface area contributed by atoms with Crippen molar-refractivity contribution >= 4 is 62.6 Å². The molecule has 0 bridgehead atoms. The molecule has 0 amide bonds. The number of alkyl halides is 1. The third-order valence-corrected chi connectivity index (χ3v) is 13.9. The summed E-state index contributed by atoms with van der Waals surface area (Å²) >= 11 is 2.48. The van der Waals surface area contributed by atoms with E-state index in [1.807, 2.05) is 62.5 Å². The van der Waals surface area contributed by atoms with Gasteiger partial charge in [0.25, 0.3) is 10.0 Å². The van der Waals surface area contributed by atoms with Crippen LogP contribution >= 0.6 is 22.6 Å². The van der Waals surface area contributed by atoms with Gasteiger partial charge in [-0.2, -0.15) is 5.26 Å². The van der Waals surface area contributed by atoms with Gasteiger partial charge in [-0.15, -0.1) is 0 Å². The first-order valence-electron chi connectivity index (χ1n) is 16.8. The van der Waals surface area contributed by atoms with Gasteiger partial charge in [-0.1, -0.05) is 97.2 Å². The Bertz CT molecular complexity index is 2250. The Morgan fingerprint density at radius 3 is 2.51 bits per heavy atom. The fourth-order valence-corrected chi connectivity index (χ4v) is 10.0. The number of aryl methyl sites for hydroxylation is 3. The van der Waals surface area contributed by atoms with Crippen LogP contribution in [0.5, 0.6) is 0 Å². The lowest BCUT2D eigenvalue weighted by molar-refractivity contribution is 0.0882. The van der Waals surface area contributed by atoms with Crippen LogP contribution in [-0.4, -0.2) is 36.6 Å². The molecule has 0 saturated heterocycles. The minimum absolute atomic E-state index is 0.0118. The van der Waals surface area contributed by atoms with Gasteiger partial charge in [-0.3, -0.25) is 0 Å². The van der Waals surface area contributed by atoms with Crippen molar-refractivity contribution in [3.8, 4) is 6.07 Å². The highest BCUT2D eigenvalue weighted by atomic mass is 127. The molecule has 6 rings (SSSR count). The Morgan fingerprint density at radius 2 is 1.86 bits per heavy atom. The van der Waals surface area contributed by atoms with E-state index in [0.29, 0.717) is 24.4 Å². The van der Waals surface area contributed by atoms with Crippen molar-refractivity contribution in [3.63, 3.8) is 0 Å². The van der Waals surface area contributed by atoms with Gasteiger partial charge in [-0.05, 0) is 85.3 Å². The maximum atomic E-state index is 14.4. The average molecular weight is 803 g/mol. The summed E-state index contributed by atoms with van der Waals surface area (Å²) in [6.45, 7) is 14.1. The summed E-state index contributed by atoms with van der Waals surface area (Å²) in [4.78, 5) is 5.43. The minimum atomic E-state index is -3.91. The summed E-state index contributed by atoms with van der Waals surface area (Å²) in [5.74, 6) is 0.829. The van der Waals surface area contributed by atoms with E-state index in [4.69, 9.17) is 9.72 Å². The number of aromatic nitrogens is 3. The van der Waals surface area contributed by atoms with Crippen molar-refractivity contribution in [2.75, 3.05) is 6.61 Å². The quantitative estimate of drug-likeness (QED) is 0.0575. The summed E-state index contributed by atoms with van der Waals surface area (Å²) in [5.41, 5.74) is 8.04. The van der Waals surface area contributed by atoms with Crippen molar-refractivity contribution in [2.45, 2.75) is 80.8 Å². The molecule has 0 fully saturated rings. The Labute approximate surface area is 304 Å². The largest absolute Gasteiger partial charge is 0.361 e. The number of ether oxygens (including phenoxy) is 1. The van der Waals surface area contributed by atoms with Gasteiger partial charge in [-0.25, -0.2) is 17.4 Å². The number of hydrogen-bond acceptors (Lipinski definition) is 5. The standard InChI is InChI=1S/C39H43IN4O3SSi/c1-7-29-21-27(3)38-36(32(30-11-9-8-10-12-30)24-44(38)48(45,46)31-16-13-26(2)14-17-31)35(29)37(40)39-42-33-22-28(23-41)15-18-34(33)43(39)25-47-19-20-49(4,5)6/h8-11,13-18,21-22,24,30,37H,7,12,19-20,25H2,1-6H3. The summed E-state index contributed by atoms with van der Waals surface area (Å²) in [5, 5.41) is 10.6. The van der Waals surface area contributed by atoms with Crippen molar-refractivity contribution in [1.29, 1.82) is 5.26 Å². The molecule has 0 saturated carbocycles. The van der Waals surface area contributed by atoms with E-state index in [1.165, 1.54) is 3.97 Å². The van der Waals surface area contributed by atoms with Crippen molar-refractivity contribution < 1.29 is 13.2 Å². The molecule has 0 spiro atoms. The van der Waals surface area contributed by atoms with E-state index in [2.05, 4.69) is 78.0 Å². The first-order chi connectivity index (χ1) is 23.3. The van der Waals surface area contributed by atoms with Crippen LogP contribution in [0.3, 0.4) is 0 Å². The van der Waals surface area contributed by atoms with Crippen molar-refractivity contribution in [1.82, 2.24) is 13.5 Å². The summed E-state index contributed by atoms with van der Waals surface area (Å²) in [7, 11) is -5.20. The zero-order valence-electron chi connectivity index (χ0n) is 29.0. The maximum absolute atomic E-state index is 14.4. The third-order valence-electron chi connectivity index (χ3n) is 9.32. The Kier molecular flexibility index (Phi) is 10.1. The zero-order chi connectivity index (χ0) is 35.1. The number of imidazole rings is 1. The van der Waals surface area contributed by atoms with Gasteiger partial charge < -0.3 is 9.30 Å². The molecule has 0 N–H and O–H groups in total. The molecular formula is C39H43IN4O3SSi. The summed E-state index contributed by atoms with van der Waals surface area (Å²) in [6, 6.07) is 18.1. The first-order valence-corrected chi connectivity index (χ1v) is 23.2. The number of nitrogens with zero attached hydrogens (tertiary/aromatic N) is 4. The topological polar surface area (TPSA) is 89.9 Å². The van der Waals surface area contributed by atoms with Gasteiger partial charge in [0.05, 0.1) is 37.0 Å². The summed E-state index contributed by atoms with van der Waals surface area (Å²) < 4.78 is 38.6. The van der Waals surface area contributed by atoms with Gasteiger partial charge in [0, 0.05) is 32.2 Å². The average Bonchev–Trinajstić information content (AvgIpc) is 3.66. The molecule has 1 aliphatic carbocycles. The second-order valence-electron chi connectivity index (χ2n) is 14.1. The molecule has 254 valence electrons. The molecule has 2 atom stereocenters. The van der Waals surface area contributed by atoms with Crippen LogP contribution in [0.2, 0.25) is 25.7 Å². The number of halogens is 1. The van der Waals surface area contributed by atoms with Crippen LogP contribution in [-0.2, 0) is 27.9 Å². The normalized spacial score (nSPS) is 15.7. The zero-order valence-corrected chi connectivity index (χ0v) is 33.0. The molecule has 2 aromatic heterocycles. The van der Waals surface area contributed by atoms with Crippen molar-refractivity contribution in [3.05, 3.63) is 118 Å². The second-order valence-corrected chi connectivity index (χ2v) is 22.8. The Hall–Kier alpha value is -3.50. The smallest absolute Gasteiger partial charge is 0.268 e. The second kappa shape index (κ2) is 14.0. The number of hydrogen-bond donors (Lipinski definition) is 0. The number of allylic oxidation sites excluding steroid dienone is 4.